The number of halogens is 3. The fourth-order valence-corrected chi connectivity index (χ4v) is 5.53. The third kappa shape index (κ3) is 5.46. The number of ketones is 1. The van der Waals surface area contributed by atoms with E-state index in [1.807, 2.05) is 19.9 Å². The first-order valence-electron chi connectivity index (χ1n) is 13.1. The van der Waals surface area contributed by atoms with E-state index in [0.717, 1.165) is 25.0 Å². The number of benzene rings is 3. The highest BCUT2D eigenvalue weighted by atomic mass is 35.5. The molecule has 1 saturated heterocycles. The van der Waals surface area contributed by atoms with Crippen LogP contribution in [-0.4, -0.2) is 34.6 Å². The molecule has 1 N–H and O–H groups in total. The van der Waals surface area contributed by atoms with E-state index in [2.05, 4.69) is 5.32 Å². The Morgan fingerprint density at radius 3 is 2.26 bits per heavy atom. The first-order valence-corrected chi connectivity index (χ1v) is 13.5. The van der Waals surface area contributed by atoms with Gasteiger partial charge in [0.05, 0.1) is 11.1 Å². The summed E-state index contributed by atoms with van der Waals surface area (Å²) < 4.78 is 29.0. The van der Waals surface area contributed by atoms with Gasteiger partial charge >= 0.3 is 0 Å². The van der Waals surface area contributed by atoms with Crippen molar-refractivity contribution >= 4 is 29.2 Å². The molecule has 5 nitrogen and oxygen atoms in total. The molecule has 1 saturated carbocycles. The normalized spacial score (nSPS) is 21.5. The molecule has 0 aromatic heterocycles. The van der Waals surface area contributed by atoms with Crippen LogP contribution in [0.4, 0.5) is 8.78 Å². The summed E-state index contributed by atoms with van der Waals surface area (Å²) in [7, 11) is 0. The number of carbonyl (C=O) groups excluding carboxylic acids is 3. The van der Waals surface area contributed by atoms with Gasteiger partial charge in [0.2, 0.25) is 5.91 Å². The minimum Gasteiger partial charge on any atom is -0.347 e. The van der Waals surface area contributed by atoms with Gasteiger partial charge in [-0.15, -0.1) is 0 Å². The highest BCUT2D eigenvalue weighted by Crippen LogP contribution is 2.43. The van der Waals surface area contributed by atoms with Crippen LogP contribution in [-0.2, 0) is 4.79 Å². The SMILES string of the molecule is C[C@@H]1C[C@H](C(=O)NC(c2cc(F)c(Cl)cc2F)C2CC2)N(C(=O)c2cccc(C(=O)c3ccccc3)c2)[C@@H]1C. The average Bonchev–Trinajstić information content (AvgIpc) is 3.74. The number of nitrogens with one attached hydrogen (secondary N) is 1. The van der Waals surface area contributed by atoms with Crippen molar-refractivity contribution in [3.05, 3.63) is 106 Å². The quantitative estimate of drug-likeness (QED) is 0.275. The Morgan fingerprint density at radius 1 is 0.897 bits per heavy atom. The molecule has 0 spiro atoms. The topological polar surface area (TPSA) is 66.5 Å². The van der Waals surface area contributed by atoms with Crippen LogP contribution in [0.1, 0.15) is 71.0 Å². The molecule has 202 valence electrons. The largest absolute Gasteiger partial charge is 0.347 e. The predicted octanol–water partition coefficient (Wildman–Crippen LogP) is 6.36. The maximum Gasteiger partial charge on any atom is 0.254 e. The summed E-state index contributed by atoms with van der Waals surface area (Å²) in [5.74, 6) is -2.40. The van der Waals surface area contributed by atoms with E-state index in [1.165, 1.54) is 0 Å². The molecule has 8 heteroatoms. The van der Waals surface area contributed by atoms with Crippen LogP contribution in [0.3, 0.4) is 0 Å². The molecule has 1 unspecified atom stereocenters. The van der Waals surface area contributed by atoms with Gasteiger partial charge in [-0.3, -0.25) is 14.4 Å². The zero-order valence-electron chi connectivity index (χ0n) is 21.7. The standard InChI is InChI=1S/C31H29ClF2N2O3/c1-17-13-27(30(38)35-28(19-11-12-19)23-15-26(34)24(32)16-25(23)33)36(18(17)2)31(39)22-10-6-9-21(14-22)29(37)20-7-4-3-5-8-20/h3-10,14-19,27-28H,11-13H2,1-2H3,(H,35,38)/t17-,18-,27-,28?/m1/s1. The second kappa shape index (κ2) is 10.9. The van der Waals surface area contributed by atoms with E-state index >= 15 is 0 Å². The van der Waals surface area contributed by atoms with Crippen molar-refractivity contribution in [3.63, 3.8) is 0 Å². The van der Waals surface area contributed by atoms with Crippen LogP contribution >= 0.6 is 11.6 Å². The summed E-state index contributed by atoms with van der Waals surface area (Å²) in [6, 6.07) is 15.5. The van der Waals surface area contributed by atoms with E-state index < -0.39 is 29.6 Å². The van der Waals surface area contributed by atoms with Gasteiger partial charge in [-0.25, -0.2) is 8.78 Å². The molecule has 1 aliphatic carbocycles. The van der Waals surface area contributed by atoms with E-state index in [4.69, 9.17) is 11.6 Å². The molecule has 1 heterocycles. The zero-order chi connectivity index (χ0) is 27.8. The van der Waals surface area contributed by atoms with Gasteiger partial charge in [0.25, 0.3) is 5.91 Å². The Morgan fingerprint density at radius 2 is 1.56 bits per heavy atom. The third-order valence-electron chi connectivity index (χ3n) is 7.90. The lowest BCUT2D eigenvalue weighted by atomic mass is 9.99. The molecule has 2 aliphatic rings. The Hall–Kier alpha value is -3.58. The van der Waals surface area contributed by atoms with Crippen molar-refractivity contribution in [2.24, 2.45) is 11.8 Å². The van der Waals surface area contributed by atoms with Crippen molar-refractivity contribution in [3.8, 4) is 0 Å². The van der Waals surface area contributed by atoms with Crippen LogP contribution in [0.5, 0.6) is 0 Å². The molecule has 3 aromatic carbocycles. The summed E-state index contributed by atoms with van der Waals surface area (Å²) in [4.78, 5) is 41.9. The van der Waals surface area contributed by atoms with E-state index in [-0.39, 0.29) is 40.2 Å². The fourth-order valence-electron chi connectivity index (χ4n) is 5.38. The van der Waals surface area contributed by atoms with E-state index in [9.17, 15) is 23.2 Å². The van der Waals surface area contributed by atoms with Gasteiger partial charge in [-0.1, -0.05) is 61.0 Å². The number of hydrogen-bond donors (Lipinski definition) is 1. The molecule has 4 atom stereocenters. The lowest BCUT2D eigenvalue weighted by Crippen LogP contribution is -2.49. The first kappa shape index (κ1) is 27.0. The molecule has 2 amide bonds. The van der Waals surface area contributed by atoms with Gasteiger partial charge in [0, 0.05) is 28.3 Å². The number of hydrogen-bond acceptors (Lipinski definition) is 3. The van der Waals surface area contributed by atoms with Crippen LogP contribution in [0, 0.1) is 23.5 Å². The maximum atomic E-state index is 14.8. The zero-order valence-corrected chi connectivity index (χ0v) is 22.4. The van der Waals surface area contributed by atoms with Crippen molar-refractivity contribution < 1.29 is 23.2 Å². The summed E-state index contributed by atoms with van der Waals surface area (Å²) in [6.45, 7) is 3.86. The Balaban J connectivity index is 1.40. The molecule has 39 heavy (non-hydrogen) atoms. The highest BCUT2D eigenvalue weighted by Gasteiger charge is 2.45. The monoisotopic (exact) mass is 550 g/mol. The van der Waals surface area contributed by atoms with Gasteiger partial charge in [-0.2, -0.15) is 0 Å². The maximum absolute atomic E-state index is 14.8. The number of carbonyl (C=O) groups is 3. The second-order valence-electron chi connectivity index (χ2n) is 10.6. The van der Waals surface area contributed by atoms with Gasteiger partial charge in [0.1, 0.15) is 17.7 Å². The van der Waals surface area contributed by atoms with Gasteiger partial charge in [-0.05, 0) is 62.3 Å². The van der Waals surface area contributed by atoms with Crippen molar-refractivity contribution in [1.82, 2.24) is 10.2 Å². The number of rotatable bonds is 7. The molecule has 0 bridgehead atoms. The van der Waals surface area contributed by atoms with Crippen LogP contribution in [0.25, 0.3) is 0 Å². The number of nitrogens with zero attached hydrogens (tertiary/aromatic N) is 1. The minimum absolute atomic E-state index is 0.0230. The molecule has 5 rings (SSSR count). The first-order chi connectivity index (χ1) is 18.7. The molecular formula is C31H29ClF2N2O3. The lowest BCUT2D eigenvalue weighted by molar-refractivity contribution is -0.126. The van der Waals surface area contributed by atoms with E-state index in [1.54, 1.807) is 53.4 Å². The van der Waals surface area contributed by atoms with Crippen molar-refractivity contribution in [1.29, 1.82) is 0 Å². The van der Waals surface area contributed by atoms with Crippen molar-refractivity contribution in [2.75, 3.05) is 0 Å². The third-order valence-corrected chi connectivity index (χ3v) is 8.19. The molecule has 1 aliphatic heterocycles. The Bertz CT molecular complexity index is 1430. The van der Waals surface area contributed by atoms with Crippen LogP contribution in [0.15, 0.2) is 66.7 Å². The molecule has 2 fully saturated rings. The van der Waals surface area contributed by atoms with Gasteiger partial charge < -0.3 is 10.2 Å². The summed E-state index contributed by atoms with van der Waals surface area (Å²) in [5, 5.41) is 2.60. The Labute approximate surface area is 231 Å². The Kier molecular flexibility index (Phi) is 7.54. The van der Waals surface area contributed by atoms with Crippen LogP contribution in [0.2, 0.25) is 5.02 Å². The summed E-state index contributed by atoms with van der Waals surface area (Å²) >= 11 is 5.74. The summed E-state index contributed by atoms with van der Waals surface area (Å²) in [5.41, 5.74) is 1.25. The lowest BCUT2D eigenvalue weighted by Gasteiger charge is -2.30. The minimum atomic E-state index is -0.794. The summed E-state index contributed by atoms with van der Waals surface area (Å²) in [6.07, 6.45) is 1.98. The molecule has 0 radical (unpaired) electrons. The van der Waals surface area contributed by atoms with E-state index in [0.29, 0.717) is 23.1 Å². The van der Waals surface area contributed by atoms with Crippen molar-refractivity contribution in [2.45, 2.75) is 51.2 Å². The molecule has 3 aromatic rings. The predicted molar refractivity (Wildman–Crippen MR) is 144 cm³/mol. The fraction of sp³-hybridized carbons (Fsp3) is 0.323. The van der Waals surface area contributed by atoms with Gasteiger partial charge in [0.15, 0.2) is 5.78 Å². The highest BCUT2D eigenvalue weighted by molar-refractivity contribution is 6.30. The average molecular weight is 551 g/mol. The number of likely N-dealkylation sites (tertiary alicyclic amines) is 1. The molecular weight excluding hydrogens is 522 g/mol. The number of amides is 2. The van der Waals surface area contributed by atoms with Crippen LogP contribution < -0.4 is 5.32 Å². The second-order valence-corrected chi connectivity index (χ2v) is 11.0. The smallest absolute Gasteiger partial charge is 0.254 e.